The Morgan fingerprint density at radius 2 is 2.04 bits per heavy atom. The first kappa shape index (κ1) is 16.7. The highest BCUT2D eigenvalue weighted by molar-refractivity contribution is 5.94. The van der Waals surface area contributed by atoms with Crippen molar-refractivity contribution in [1.29, 1.82) is 0 Å². The molecule has 0 saturated heterocycles. The van der Waals surface area contributed by atoms with Crippen molar-refractivity contribution in [1.82, 2.24) is 15.5 Å². The number of hydrogen-bond acceptors (Lipinski definition) is 3. The molecule has 1 atom stereocenters. The molecule has 2 aromatic rings. The molecule has 0 fully saturated rings. The number of fused-ring (bicyclic) bond motifs is 1. The minimum absolute atomic E-state index is 0.0211. The van der Waals surface area contributed by atoms with E-state index in [9.17, 15) is 4.79 Å². The average Bonchev–Trinajstić information content (AvgIpc) is 3.03. The van der Waals surface area contributed by atoms with Gasteiger partial charge in [0.15, 0.2) is 0 Å². The molecule has 5 nitrogen and oxygen atoms in total. The molecule has 0 spiro atoms. The van der Waals surface area contributed by atoms with Gasteiger partial charge in [0, 0.05) is 24.3 Å². The predicted octanol–water partition coefficient (Wildman–Crippen LogP) is 2.84. The Morgan fingerprint density at radius 3 is 2.83 bits per heavy atom. The molecular formula is C19H26N4O. The minimum Gasteiger partial charge on any atom is -0.325 e. The topological polar surface area (TPSA) is 69.8 Å². The highest BCUT2D eigenvalue weighted by Crippen LogP contribution is 2.22. The number of benzene rings is 1. The Morgan fingerprint density at radius 1 is 1.25 bits per heavy atom. The van der Waals surface area contributed by atoms with E-state index in [1.165, 1.54) is 24.1 Å². The van der Waals surface area contributed by atoms with Gasteiger partial charge in [-0.3, -0.25) is 9.89 Å². The van der Waals surface area contributed by atoms with Crippen LogP contribution in [0.3, 0.4) is 0 Å². The lowest BCUT2D eigenvalue weighted by Gasteiger charge is -2.17. The number of rotatable bonds is 7. The van der Waals surface area contributed by atoms with E-state index in [0.717, 1.165) is 43.6 Å². The van der Waals surface area contributed by atoms with Crippen molar-refractivity contribution >= 4 is 11.6 Å². The summed E-state index contributed by atoms with van der Waals surface area (Å²) < 4.78 is 0. The molecule has 1 aromatic heterocycles. The van der Waals surface area contributed by atoms with Crippen LogP contribution in [-0.2, 0) is 24.1 Å². The number of anilines is 1. The van der Waals surface area contributed by atoms with Crippen LogP contribution >= 0.6 is 0 Å². The zero-order chi connectivity index (χ0) is 16.8. The maximum atomic E-state index is 12.4. The van der Waals surface area contributed by atoms with Gasteiger partial charge in [0.25, 0.3) is 0 Å². The van der Waals surface area contributed by atoms with Crippen LogP contribution in [0.25, 0.3) is 0 Å². The van der Waals surface area contributed by atoms with E-state index in [2.05, 4.69) is 20.8 Å². The summed E-state index contributed by atoms with van der Waals surface area (Å²) in [4.78, 5) is 12.4. The third kappa shape index (κ3) is 4.03. The third-order valence-corrected chi connectivity index (χ3v) is 4.66. The Labute approximate surface area is 143 Å². The van der Waals surface area contributed by atoms with Crippen molar-refractivity contribution in [3.05, 3.63) is 47.3 Å². The number of aromatic amines is 1. The number of carbonyl (C=O) groups is 1. The Bertz CT molecular complexity index is 665. The Balaban J connectivity index is 1.51. The summed E-state index contributed by atoms with van der Waals surface area (Å²) in [6, 6.07) is 9.41. The first-order valence-corrected chi connectivity index (χ1v) is 8.92. The number of aromatic nitrogens is 2. The highest BCUT2D eigenvalue weighted by atomic mass is 16.2. The van der Waals surface area contributed by atoms with E-state index in [1.54, 1.807) is 0 Å². The number of carbonyl (C=O) groups excluding carboxylic acids is 1. The molecule has 0 aliphatic heterocycles. The fourth-order valence-electron chi connectivity index (χ4n) is 3.29. The summed E-state index contributed by atoms with van der Waals surface area (Å²) in [5, 5.41) is 14.0. The maximum absolute atomic E-state index is 12.4. The van der Waals surface area contributed by atoms with E-state index in [-0.39, 0.29) is 11.9 Å². The van der Waals surface area contributed by atoms with Crippen LogP contribution in [0.15, 0.2) is 30.3 Å². The van der Waals surface area contributed by atoms with Crippen molar-refractivity contribution in [2.24, 2.45) is 0 Å². The van der Waals surface area contributed by atoms with Crippen LogP contribution in [0.5, 0.6) is 0 Å². The lowest BCUT2D eigenvalue weighted by molar-refractivity contribution is -0.118. The second-order valence-corrected chi connectivity index (χ2v) is 6.35. The lowest BCUT2D eigenvalue weighted by Crippen LogP contribution is -2.41. The van der Waals surface area contributed by atoms with Gasteiger partial charge in [0.2, 0.25) is 5.91 Å². The van der Waals surface area contributed by atoms with Crippen molar-refractivity contribution < 1.29 is 4.79 Å². The van der Waals surface area contributed by atoms with Crippen LogP contribution in [0, 0.1) is 0 Å². The fraction of sp³-hybridized carbons (Fsp3) is 0.474. The molecule has 128 valence electrons. The van der Waals surface area contributed by atoms with E-state index in [1.807, 2.05) is 37.3 Å². The largest absolute Gasteiger partial charge is 0.325 e. The average molecular weight is 326 g/mol. The Hall–Kier alpha value is -2.14. The molecular weight excluding hydrogens is 300 g/mol. The number of amides is 1. The molecule has 0 bridgehead atoms. The highest BCUT2D eigenvalue weighted by Gasteiger charge is 2.18. The quantitative estimate of drug-likeness (QED) is 0.733. The van der Waals surface area contributed by atoms with E-state index in [4.69, 9.17) is 0 Å². The zero-order valence-corrected chi connectivity index (χ0v) is 14.3. The molecule has 1 aromatic carbocycles. The maximum Gasteiger partial charge on any atom is 0.241 e. The van der Waals surface area contributed by atoms with Gasteiger partial charge in [-0.2, -0.15) is 5.10 Å². The summed E-state index contributed by atoms with van der Waals surface area (Å²) in [7, 11) is 0. The molecule has 1 aliphatic carbocycles. The van der Waals surface area contributed by atoms with Crippen molar-refractivity contribution in [2.75, 3.05) is 11.9 Å². The van der Waals surface area contributed by atoms with Gasteiger partial charge in [-0.15, -0.1) is 0 Å². The number of aryl methyl sites for hydroxylation is 1. The number of para-hydroxylation sites is 1. The zero-order valence-electron chi connectivity index (χ0n) is 14.3. The summed E-state index contributed by atoms with van der Waals surface area (Å²) in [6.07, 6.45) is 6.38. The van der Waals surface area contributed by atoms with Crippen LogP contribution in [-0.4, -0.2) is 28.7 Å². The molecule has 5 heteroatoms. The normalized spacial score (nSPS) is 14.9. The fourth-order valence-corrected chi connectivity index (χ4v) is 3.29. The first-order valence-electron chi connectivity index (χ1n) is 8.92. The van der Waals surface area contributed by atoms with Crippen LogP contribution < -0.4 is 10.6 Å². The van der Waals surface area contributed by atoms with Gasteiger partial charge in [-0.05, 0) is 49.8 Å². The van der Waals surface area contributed by atoms with Gasteiger partial charge >= 0.3 is 0 Å². The van der Waals surface area contributed by atoms with Crippen molar-refractivity contribution in [3.8, 4) is 0 Å². The Kier molecular flexibility index (Phi) is 5.64. The molecule has 1 aliphatic rings. The molecule has 1 amide bonds. The van der Waals surface area contributed by atoms with Crippen molar-refractivity contribution in [2.45, 2.75) is 51.5 Å². The standard InChI is InChI=1S/C19H26N4O/c1-2-16(19(24)21-14-8-4-3-5-9-14)20-13-12-18-15-10-6-7-11-17(15)22-23-18/h3-5,8-9,16,20H,2,6-7,10-13H2,1H3,(H,21,24)(H,22,23)/t16-/m0/s1. The molecule has 3 rings (SSSR count). The van der Waals surface area contributed by atoms with E-state index < -0.39 is 0 Å². The number of nitrogens with one attached hydrogen (secondary N) is 3. The van der Waals surface area contributed by atoms with E-state index >= 15 is 0 Å². The molecule has 3 N–H and O–H groups in total. The third-order valence-electron chi connectivity index (χ3n) is 4.66. The van der Waals surface area contributed by atoms with Gasteiger partial charge in [-0.1, -0.05) is 25.1 Å². The summed E-state index contributed by atoms with van der Waals surface area (Å²) in [6.45, 7) is 2.79. The smallest absolute Gasteiger partial charge is 0.241 e. The van der Waals surface area contributed by atoms with Gasteiger partial charge in [0.1, 0.15) is 0 Å². The SMILES string of the molecule is CC[C@H](NCCc1n[nH]c2c1CCCC2)C(=O)Nc1ccccc1. The number of hydrogen-bond donors (Lipinski definition) is 3. The monoisotopic (exact) mass is 326 g/mol. The van der Waals surface area contributed by atoms with Crippen LogP contribution in [0.1, 0.15) is 43.1 Å². The van der Waals surface area contributed by atoms with Crippen molar-refractivity contribution in [3.63, 3.8) is 0 Å². The summed E-state index contributed by atoms with van der Waals surface area (Å²) >= 11 is 0. The van der Waals surface area contributed by atoms with Gasteiger partial charge in [-0.25, -0.2) is 0 Å². The van der Waals surface area contributed by atoms with E-state index in [0.29, 0.717) is 0 Å². The lowest BCUT2D eigenvalue weighted by atomic mass is 9.95. The first-order chi connectivity index (χ1) is 11.8. The molecule has 24 heavy (non-hydrogen) atoms. The van der Waals surface area contributed by atoms with Crippen LogP contribution in [0.2, 0.25) is 0 Å². The number of nitrogens with zero attached hydrogens (tertiary/aromatic N) is 1. The molecule has 0 radical (unpaired) electrons. The summed E-state index contributed by atoms with van der Waals surface area (Å²) in [5.41, 5.74) is 4.72. The number of H-pyrrole nitrogens is 1. The second kappa shape index (κ2) is 8.11. The van der Waals surface area contributed by atoms with Gasteiger partial charge < -0.3 is 10.6 Å². The summed E-state index contributed by atoms with van der Waals surface area (Å²) in [5.74, 6) is 0.0211. The molecule has 1 heterocycles. The molecule has 0 saturated carbocycles. The minimum atomic E-state index is -0.181. The van der Waals surface area contributed by atoms with Gasteiger partial charge in [0.05, 0.1) is 11.7 Å². The second-order valence-electron chi connectivity index (χ2n) is 6.35. The molecule has 0 unspecified atom stereocenters. The van der Waals surface area contributed by atoms with Crippen LogP contribution in [0.4, 0.5) is 5.69 Å². The predicted molar refractivity (Wildman–Crippen MR) is 96.1 cm³/mol.